The molecule has 1 aromatic rings. The molecule has 1 aromatic carbocycles. The number of aliphatic hydroxyl groups excluding tert-OH is 1. The third-order valence-electron chi connectivity index (χ3n) is 9.10. The van der Waals surface area contributed by atoms with Gasteiger partial charge in [-0.1, -0.05) is 24.3 Å². The molecular formula is C32H43N3O6. The summed E-state index contributed by atoms with van der Waals surface area (Å²) in [5, 5.41) is 9.28. The van der Waals surface area contributed by atoms with Gasteiger partial charge < -0.3 is 29.3 Å². The summed E-state index contributed by atoms with van der Waals surface area (Å²) in [6.07, 6.45) is 11.0. The number of benzene rings is 1. The van der Waals surface area contributed by atoms with Crippen LogP contribution in [0.1, 0.15) is 52.9 Å². The van der Waals surface area contributed by atoms with E-state index in [1.54, 1.807) is 9.80 Å². The zero-order valence-corrected chi connectivity index (χ0v) is 24.5. The number of aliphatic hydroxyl groups is 1. The lowest BCUT2D eigenvalue weighted by Gasteiger charge is -2.37. The van der Waals surface area contributed by atoms with Crippen LogP contribution in [-0.2, 0) is 23.9 Å². The van der Waals surface area contributed by atoms with E-state index < -0.39 is 35.0 Å². The van der Waals surface area contributed by atoms with Crippen molar-refractivity contribution < 1.29 is 29.0 Å². The smallest absolute Gasteiger partial charge is 0.313 e. The monoisotopic (exact) mass is 565 g/mol. The first kappa shape index (κ1) is 29.3. The number of amides is 2. The van der Waals surface area contributed by atoms with Crippen molar-refractivity contribution in [1.29, 1.82) is 0 Å². The minimum Gasteiger partial charge on any atom is -0.465 e. The van der Waals surface area contributed by atoms with E-state index in [0.29, 0.717) is 32.4 Å². The van der Waals surface area contributed by atoms with Crippen molar-refractivity contribution in [3.63, 3.8) is 0 Å². The second kappa shape index (κ2) is 12.0. The van der Waals surface area contributed by atoms with Gasteiger partial charge in [0.15, 0.2) is 0 Å². The number of likely N-dealkylation sites (tertiary alicyclic amines) is 1. The Morgan fingerprint density at radius 3 is 2.44 bits per heavy atom. The fourth-order valence-corrected chi connectivity index (χ4v) is 7.11. The van der Waals surface area contributed by atoms with E-state index in [9.17, 15) is 19.5 Å². The Labute approximate surface area is 242 Å². The van der Waals surface area contributed by atoms with E-state index in [0.717, 1.165) is 37.3 Å². The second-order valence-electron chi connectivity index (χ2n) is 11.6. The summed E-state index contributed by atoms with van der Waals surface area (Å²) in [4.78, 5) is 47.9. The number of esters is 1. The van der Waals surface area contributed by atoms with E-state index in [1.165, 1.54) is 0 Å². The Morgan fingerprint density at radius 2 is 1.73 bits per heavy atom. The highest BCUT2D eigenvalue weighted by molar-refractivity contribution is 6.05. The Kier molecular flexibility index (Phi) is 8.57. The first-order chi connectivity index (χ1) is 19.8. The summed E-state index contributed by atoms with van der Waals surface area (Å²) >= 11 is 0. The molecule has 4 aliphatic heterocycles. The van der Waals surface area contributed by atoms with Crippen molar-refractivity contribution in [3.8, 4) is 0 Å². The van der Waals surface area contributed by atoms with Gasteiger partial charge in [-0.2, -0.15) is 0 Å². The molecule has 4 aliphatic rings. The fourth-order valence-electron chi connectivity index (χ4n) is 7.11. The average Bonchev–Trinajstić information content (AvgIpc) is 3.31. The SMILES string of the molecule is CCN(CC)c1ccc(N2CC=C[C@]34O[C@@]5(C)/C=C\CCCOC(=O)[C@H]5[C@H]3C(=O)N(CCCCCO)C4C2=O)cc1. The number of hydrogen-bond donors (Lipinski definition) is 1. The molecule has 2 saturated heterocycles. The third kappa shape index (κ3) is 5.07. The molecule has 2 fully saturated rings. The number of carbonyl (C=O) groups is 3. The molecule has 41 heavy (non-hydrogen) atoms. The lowest BCUT2D eigenvalue weighted by atomic mass is 9.74. The van der Waals surface area contributed by atoms with Crippen LogP contribution in [0.2, 0.25) is 0 Å². The third-order valence-corrected chi connectivity index (χ3v) is 9.10. The molecule has 0 bridgehead atoms. The molecule has 1 N–H and O–H groups in total. The number of carbonyl (C=O) groups excluding carboxylic acids is 3. The summed E-state index contributed by atoms with van der Waals surface area (Å²) in [5.74, 6) is -2.68. The lowest BCUT2D eigenvalue weighted by Crippen LogP contribution is -2.56. The van der Waals surface area contributed by atoms with Gasteiger partial charge in [0.25, 0.3) is 5.91 Å². The number of unbranched alkanes of at least 4 members (excludes halogenated alkanes) is 2. The van der Waals surface area contributed by atoms with Crippen LogP contribution in [0.3, 0.4) is 0 Å². The Balaban J connectivity index is 1.55. The number of ether oxygens (including phenoxy) is 2. The van der Waals surface area contributed by atoms with Crippen LogP contribution in [0.25, 0.3) is 0 Å². The number of hydrogen-bond acceptors (Lipinski definition) is 7. The van der Waals surface area contributed by atoms with Crippen LogP contribution in [0.5, 0.6) is 0 Å². The molecule has 9 heteroatoms. The number of rotatable bonds is 9. The number of nitrogens with zero attached hydrogens (tertiary/aromatic N) is 3. The van der Waals surface area contributed by atoms with Crippen molar-refractivity contribution in [2.75, 3.05) is 49.2 Å². The van der Waals surface area contributed by atoms with Crippen molar-refractivity contribution in [1.82, 2.24) is 4.90 Å². The number of cyclic esters (lactones) is 1. The van der Waals surface area contributed by atoms with Crippen LogP contribution < -0.4 is 9.80 Å². The predicted octanol–water partition coefficient (Wildman–Crippen LogP) is 3.46. The Hall–Kier alpha value is -3.17. The van der Waals surface area contributed by atoms with Crippen molar-refractivity contribution >= 4 is 29.2 Å². The van der Waals surface area contributed by atoms with Crippen LogP contribution in [0, 0.1) is 11.8 Å². The van der Waals surface area contributed by atoms with Gasteiger partial charge in [0, 0.05) is 44.2 Å². The highest BCUT2D eigenvalue weighted by Gasteiger charge is 2.74. The van der Waals surface area contributed by atoms with E-state index in [1.807, 2.05) is 55.5 Å². The van der Waals surface area contributed by atoms with Crippen molar-refractivity contribution in [2.45, 2.75) is 70.1 Å². The molecular weight excluding hydrogens is 522 g/mol. The summed E-state index contributed by atoms with van der Waals surface area (Å²) in [6.45, 7) is 8.84. The number of anilines is 2. The molecule has 5 rings (SSSR count). The molecule has 0 saturated carbocycles. The van der Waals surface area contributed by atoms with Gasteiger partial charge in [0.05, 0.1) is 18.1 Å². The summed E-state index contributed by atoms with van der Waals surface area (Å²) in [6, 6.07) is 7.02. The minimum atomic E-state index is -1.30. The zero-order chi connectivity index (χ0) is 29.2. The predicted molar refractivity (Wildman–Crippen MR) is 156 cm³/mol. The van der Waals surface area contributed by atoms with Crippen LogP contribution in [-0.4, -0.2) is 84.4 Å². The molecule has 1 spiro atoms. The van der Waals surface area contributed by atoms with Crippen LogP contribution >= 0.6 is 0 Å². The molecule has 5 atom stereocenters. The maximum Gasteiger partial charge on any atom is 0.313 e. The van der Waals surface area contributed by atoms with Crippen LogP contribution in [0.4, 0.5) is 11.4 Å². The topological polar surface area (TPSA) is 99.6 Å². The molecule has 9 nitrogen and oxygen atoms in total. The largest absolute Gasteiger partial charge is 0.465 e. The normalized spacial score (nSPS) is 31.9. The maximum atomic E-state index is 14.6. The molecule has 1 unspecified atom stereocenters. The fraction of sp³-hybridized carbons (Fsp3) is 0.594. The van der Waals surface area contributed by atoms with E-state index in [2.05, 4.69) is 18.7 Å². The van der Waals surface area contributed by atoms with Gasteiger partial charge in [-0.05, 0) is 77.1 Å². The van der Waals surface area contributed by atoms with Crippen LogP contribution in [0.15, 0.2) is 48.6 Å². The lowest BCUT2D eigenvalue weighted by molar-refractivity contribution is -0.158. The minimum absolute atomic E-state index is 0.0740. The van der Waals surface area contributed by atoms with Crippen molar-refractivity contribution in [2.24, 2.45) is 11.8 Å². The standard InChI is InChI=1S/C32H43N3O6/c1-4-33(5-2)23-13-15-24(16-14-23)34-20-12-18-32-25(26-30(39)40-22-11-6-8-17-31(26,3)41-32)28(37)35(27(32)29(34)38)19-9-7-10-21-36/h8,12-18,25-27,36H,4-7,9-11,19-22H2,1-3H3/b17-8-/t25-,26+,27?,31-,32-/m0/s1. The Bertz CT molecular complexity index is 1190. The molecule has 0 radical (unpaired) electrons. The first-order valence-corrected chi connectivity index (χ1v) is 15.1. The highest BCUT2D eigenvalue weighted by atomic mass is 16.6. The van der Waals surface area contributed by atoms with Gasteiger partial charge in [-0.15, -0.1) is 0 Å². The Morgan fingerprint density at radius 1 is 0.976 bits per heavy atom. The maximum absolute atomic E-state index is 14.6. The second-order valence-corrected chi connectivity index (χ2v) is 11.6. The highest BCUT2D eigenvalue weighted by Crippen LogP contribution is 2.57. The van der Waals surface area contributed by atoms with E-state index in [-0.39, 0.29) is 25.0 Å². The summed E-state index contributed by atoms with van der Waals surface area (Å²) in [5.41, 5.74) is -0.564. The van der Waals surface area contributed by atoms with E-state index >= 15 is 0 Å². The first-order valence-electron chi connectivity index (χ1n) is 15.1. The summed E-state index contributed by atoms with van der Waals surface area (Å²) in [7, 11) is 0. The molecule has 0 aromatic heterocycles. The quantitative estimate of drug-likeness (QED) is 0.278. The zero-order valence-electron chi connectivity index (χ0n) is 24.5. The van der Waals surface area contributed by atoms with E-state index in [4.69, 9.17) is 9.47 Å². The number of allylic oxidation sites excluding steroid dienone is 1. The van der Waals surface area contributed by atoms with Gasteiger partial charge in [-0.3, -0.25) is 14.4 Å². The van der Waals surface area contributed by atoms with Gasteiger partial charge in [-0.25, -0.2) is 0 Å². The molecule has 2 amide bonds. The average molecular weight is 566 g/mol. The van der Waals surface area contributed by atoms with Gasteiger partial charge in [0.1, 0.15) is 17.6 Å². The van der Waals surface area contributed by atoms with Gasteiger partial charge in [0.2, 0.25) is 5.91 Å². The van der Waals surface area contributed by atoms with Crippen molar-refractivity contribution in [3.05, 3.63) is 48.6 Å². The van der Waals surface area contributed by atoms with Gasteiger partial charge >= 0.3 is 5.97 Å². The molecule has 0 aliphatic carbocycles. The molecule has 4 heterocycles. The summed E-state index contributed by atoms with van der Waals surface area (Å²) < 4.78 is 12.5. The molecule has 222 valence electrons. The number of fused-ring (bicyclic) bond motifs is 2.